The van der Waals surface area contributed by atoms with Gasteiger partial charge in [-0.2, -0.15) is 0 Å². The Bertz CT molecular complexity index is 1140. The second-order valence-corrected chi connectivity index (χ2v) is 6.40. The van der Waals surface area contributed by atoms with Gasteiger partial charge in [0.2, 0.25) is 0 Å². The Kier molecular flexibility index (Phi) is 4.61. The second kappa shape index (κ2) is 7.23. The van der Waals surface area contributed by atoms with Crippen molar-refractivity contribution in [3.05, 3.63) is 77.7 Å². The van der Waals surface area contributed by atoms with Crippen LogP contribution >= 0.6 is 0 Å². The standard InChI is InChI=1S/C22H18FN3O2/c1-3-26(17-11-9-16(23)10-12-17)22(27)18-13-19(15-7-5-4-6-8-15)24-21-20(18)14(2)25-28-21/h4-13H,3H2,1-2H3. The maximum atomic E-state index is 13.4. The van der Waals surface area contributed by atoms with Gasteiger partial charge in [0, 0.05) is 17.8 Å². The van der Waals surface area contributed by atoms with E-state index < -0.39 is 0 Å². The average molecular weight is 375 g/mol. The summed E-state index contributed by atoms with van der Waals surface area (Å²) < 4.78 is 18.7. The number of pyridine rings is 1. The number of fused-ring (bicyclic) bond motifs is 1. The number of carbonyl (C=O) groups excluding carboxylic acids is 1. The SMILES string of the molecule is CCN(C(=O)c1cc(-c2ccccc2)nc2onc(C)c12)c1ccc(F)cc1. The Balaban J connectivity index is 1.87. The molecule has 0 aliphatic rings. The van der Waals surface area contributed by atoms with Gasteiger partial charge in [0.1, 0.15) is 5.82 Å². The summed E-state index contributed by atoms with van der Waals surface area (Å²) in [4.78, 5) is 19.6. The third-order valence-corrected chi connectivity index (χ3v) is 4.62. The van der Waals surface area contributed by atoms with Crippen LogP contribution in [0, 0.1) is 12.7 Å². The number of hydrogen-bond acceptors (Lipinski definition) is 4. The minimum absolute atomic E-state index is 0.218. The van der Waals surface area contributed by atoms with Crippen molar-refractivity contribution in [3.63, 3.8) is 0 Å². The van der Waals surface area contributed by atoms with Crippen LogP contribution in [-0.4, -0.2) is 22.6 Å². The summed E-state index contributed by atoms with van der Waals surface area (Å²) >= 11 is 0. The van der Waals surface area contributed by atoms with E-state index in [2.05, 4.69) is 10.1 Å². The molecular formula is C22H18FN3O2. The van der Waals surface area contributed by atoms with Crippen molar-refractivity contribution in [2.24, 2.45) is 0 Å². The van der Waals surface area contributed by atoms with Crippen molar-refractivity contribution >= 4 is 22.7 Å². The molecule has 6 heteroatoms. The largest absolute Gasteiger partial charge is 0.335 e. The Morgan fingerprint density at radius 2 is 1.82 bits per heavy atom. The smallest absolute Gasteiger partial charge is 0.259 e. The first-order valence-electron chi connectivity index (χ1n) is 8.98. The number of rotatable bonds is 4. The zero-order valence-electron chi connectivity index (χ0n) is 15.5. The third kappa shape index (κ3) is 3.13. The van der Waals surface area contributed by atoms with Gasteiger partial charge in [-0.15, -0.1) is 0 Å². The van der Waals surface area contributed by atoms with E-state index >= 15 is 0 Å². The summed E-state index contributed by atoms with van der Waals surface area (Å²) in [7, 11) is 0. The molecule has 5 nitrogen and oxygen atoms in total. The fraction of sp³-hybridized carbons (Fsp3) is 0.136. The van der Waals surface area contributed by atoms with Crippen LogP contribution in [0.15, 0.2) is 65.2 Å². The summed E-state index contributed by atoms with van der Waals surface area (Å²) in [5.41, 5.74) is 3.49. The molecule has 0 spiro atoms. The van der Waals surface area contributed by atoms with Crippen LogP contribution in [-0.2, 0) is 0 Å². The van der Waals surface area contributed by atoms with E-state index in [1.165, 1.54) is 12.1 Å². The number of benzene rings is 2. The summed E-state index contributed by atoms with van der Waals surface area (Å²) in [5.74, 6) is -0.565. The maximum Gasteiger partial charge on any atom is 0.259 e. The first-order chi connectivity index (χ1) is 13.6. The van der Waals surface area contributed by atoms with Crippen LogP contribution < -0.4 is 4.90 Å². The molecule has 0 atom stereocenters. The molecule has 0 aliphatic carbocycles. The molecule has 0 fully saturated rings. The summed E-state index contributed by atoms with van der Waals surface area (Å²) in [6.45, 7) is 4.08. The lowest BCUT2D eigenvalue weighted by atomic mass is 10.0. The zero-order chi connectivity index (χ0) is 19.7. The molecule has 0 saturated carbocycles. The average Bonchev–Trinajstić information content (AvgIpc) is 3.11. The van der Waals surface area contributed by atoms with E-state index in [1.807, 2.05) is 37.3 Å². The lowest BCUT2D eigenvalue weighted by Gasteiger charge is -2.21. The fourth-order valence-electron chi connectivity index (χ4n) is 3.23. The molecular weight excluding hydrogens is 357 g/mol. The van der Waals surface area contributed by atoms with Gasteiger partial charge in [0.05, 0.1) is 22.3 Å². The number of amides is 1. The van der Waals surface area contributed by atoms with Gasteiger partial charge in [-0.05, 0) is 44.2 Å². The Labute approximate surface area is 161 Å². The topological polar surface area (TPSA) is 59.2 Å². The van der Waals surface area contributed by atoms with Gasteiger partial charge in [-0.25, -0.2) is 9.37 Å². The molecule has 28 heavy (non-hydrogen) atoms. The summed E-state index contributed by atoms with van der Waals surface area (Å²) in [5, 5.41) is 4.57. The number of nitrogens with zero attached hydrogens (tertiary/aromatic N) is 3. The van der Waals surface area contributed by atoms with Crippen molar-refractivity contribution in [1.29, 1.82) is 0 Å². The first-order valence-corrected chi connectivity index (χ1v) is 8.98. The fourth-order valence-corrected chi connectivity index (χ4v) is 3.23. The molecule has 0 unspecified atom stereocenters. The quantitative estimate of drug-likeness (QED) is 0.503. The highest BCUT2D eigenvalue weighted by Gasteiger charge is 2.23. The van der Waals surface area contributed by atoms with Gasteiger partial charge in [-0.1, -0.05) is 35.5 Å². The highest BCUT2D eigenvalue weighted by atomic mass is 19.1. The highest BCUT2D eigenvalue weighted by Crippen LogP contribution is 2.29. The monoisotopic (exact) mass is 375 g/mol. The van der Waals surface area contributed by atoms with Gasteiger partial charge >= 0.3 is 0 Å². The van der Waals surface area contributed by atoms with Crippen LogP contribution in [0.3, 0.4) is 0 Å². The lowest BCUT2D eigenvalue weighted by molar-refractivity contribution is 0.0989. The molecule has 0 saturated heterocycles. The summed E-state index contributed by atoms with van der Waals surface area (Å²) in [6.07, 6.45) is 0. The zero-order valence-corrected chi connectivity index (χ0v) is 15.5. The Hall–Kier alpha value is -3.54. The Morgan fingerprint density at radius 1 is 1.11 bits per heavy atom. The molecule has 0 radical (unpaired) electrons. The van der Waals surface area contributed by atoms with Gasteiger partial charge in [-0.3, -0.25) is 4.79 Å². The predicted molar refractivity (Wildman–Crippen MR) is 106 cm³/mol. The molecule has 2 aromatic carbocycles. The van der Waals surface area contributed by atoms with Crippen LogP contribution in [0.4, 0.5) is 10.1 Å². The number of aromatic nitrogens is 2. The van der Waals surface area contributed by atoms with Crippen molar-refractivity contribution in [2.75, 3.05) is 11.4 Å². The van der Waals surface area contributed by atoms with Crippen molar-refractivity contribution < 1.29 is 13.7 Å². The van der Waals surface area contributed by atoms with Crippen LogP contribution in [0.5, 0.6) is 0 Å². The molecule has 2 heterocycles. The number of hydrogen-bond donors (Lipinski definition) is 0. The van der Waals surface area contributed by atoms with E-state index in [0.717, 1.165) is 5.56 Å². The van der Waals surface area contributed by atoms with Gasteiger partial charge < -0.3 is 9.42 Å². The minimum Gasteiger partial charge on any atom is -0.335 e. The van der Waals surface area contributed by atoms with Crippen LogP contribution in [0.25, 0.3) is 22.4 Å². The van der Waals surface area contributed by atoms with Gasteiger partial charge in [0.25, 0.3) is 11.6 Å². The molecule has 1 amide bonds. The number of halogens is 1. The van der Waals surface area contributed by atoms with Crippen molar-refractivity contribution in [1.82, 2.24) is 10.1 Å². The second-order valence-electron chi connectivity index (χ2n) is 6.40. The predicted octanol–water partition coefficient (Wildman–Crippen LogP) is 5.00. The van der Waals surface area contributed by atoms with Crippen molar-refractivity contribution in [3.8, 4) is 11.3 Å². The summed E-state index contributed by atoms with van der Waals surface area (Å²) in [6, 6.07) is 17.2. The highest BCUT2D eigenvalue weighted by molar-refractivity contribution is 6.14. The van der Waals surface area contributed by atoms with Crippen LogP contribution in [0.1, 0.15) is 23.0 Å². The molecule has 0 aliphatic heterocycles. The Morgan fingerprint density at radius 3 is 2.50 bits per heavy atom. The van der Waals surface area contributed by atoms with Gasteiger partial charge in [0.15, 0.2) is 0 Å². The molecule has 4 aromatic rings. The first kappa shape index (κ1) is 17.9. The normalized spacial score (nSPS) is 11.0. The van der Waals surface area contributed by atoms with E-state index in [4.69, 9.17) is 4.52 Å². The molecule has 4 rings (SSSR count). The third-order valence-electron chi connectivity index (χ3n) is 4.62. The number of anilines is 1. The van der Waals surface area contributed by atoms with Crippen molar-refractivity contribution in [2.45, 2.75) is 13.8 Å². The van der Waals surface area contributed by atoms with Crippen LogP contribution in [0.2, 0.25) is 0 Å². The minimum atomic E-state index is -0.347. The maximum absolute atomic E-state index is 13.4. The molecule has 140 valence electrons. The van der Waals surface area contributed by atoms with E-state index in [1.54, 1.807) is 30.0 Å². The van der Waals surface area contributed by atoms with E-state index in [0.29, 0.717) is 40.3 Å². The molecule has 0 bridgehead atoms. The number of aryl methyl sites for hydroxylation is 1. The van der Waals surface area contributed by atoms with E-state index in [-0.39, 0.29) is 11.7 Å². The molecule has 0 N–H and O–H groups in total. The molecule has 2 aromatic heterocycles. The number of carbonyl (C=O) groups is 1. The lowest BCUT2D eigenvalue weighted by Crippen LogP contribution is -2.31. The van der Waals surface area contributed by atoms with E-state index in [9.17, 15) is 9.18 Å².